The molecule has 3 nitrogen and oxygen atoms in total. The third kappa shape index (κ3) is 6.50. The second-order valence-electron chi connectivity index (χ2n) is 5.60. The summed E-state index contributed by atoms with van der Waals surface area (Å²) in [6.45, 7) is 8.95. The van der Waals surface area contributed by atoms with E-state index in [0.29, 0.717) is 18.6 Å². The van der Waals surface area contributed by atoms with E-state index in [9.17, 15) is 0 Å². The lowest BCUT2D eigenvalue weighted by Crippen LogP contribution is -2.12. The maximum Gasteiger partial charge on any atom is 0.119 e. The molecule has 0 bridgehead atoms. The fraction of sp³-hybridized carbons (Fsp3) is 0.600. The van der Waals surface area contributed by atoms with E-state index >= 15 is 0 Å². The summed E-state index contributed by atoms with van der Waals surface area (Å²) < 4.78 is 10.4. The lowest BCUT2D eigenvalue weighted by Gasteiger charge is -2.18. The SMILES string of the molecule is COCCOc1ccc(NCCC(C)(C)C)cc1. The van der Waals surface area contributed by atoms with Gasteiger partial charge in [0.15, 0.2) is 0 Å². The number of rotatable bonds is 7. The van der Waals surface area contributed by atoms with Crippen molar-refractivity contribution in [1.29, 1.82) is 0 Å². The van der Waals surface area contributed by atoms with E-state index in [1.807, 2.05) is 24.3 Å². The fourth-order valence-corrected chi connectivity index (χ4v) is 1.49. The molecule has 0 aliphatic carbocycles. The average Bonchev–Trinajstić information content (AvgIpc) is 2.30. The fourth-order valence-electron chi connectivity index (χ4n) is 1.49. The molecule has 0 heterocycles. The van der Waals surface area contributed by atoms with Gasteiger partial charge in [-0.05, 0) is 36.1 Å². The molecule has 3 heteroatoms. The van der Waals surface area contributed by atoms with Gasteiger partial charge < -0.3 is 14.8 Å². The van der Waals surface area contributed by atoms with Crippen molar-refractivity contribution >= 4 is 5.69 Å². The van der Waals surface area contributed by atoms with Crippen molar-refractivity contribution in [3.8, 4) is 5.75 Å². The molecule has 0 saturated heterocycles. The Morgan fingerprint density at radius 3 is 2.28 bits per heavy atom. The lowest BCUT2D eigenvalue weighted by atomic mass is 9.92. The summed E-state index contributed by atoms with van der Waals surface area (Å²) >= 11 is 0. The van der Waals surface area contributed by atoms with Gasteiger partial charge in [0.25, 0.3) is 0 Å². The second-order valence-corrected chi connectivity index (χ2v) is 5.60. The van der Waals surface area contributed by atoms with E-state index in [1.54, 1.807) is 7.11 Å². The van der Waals surface area contributed by atoms with Crippen LogP contribution in [0, 0.1) is 5.41 Å². The van der Waals surface area contributed by atoms with Crippen LogP contribution in [0.5, 0.6) is 5.75 Å². The van der Waals surface area contributed by atoms with Crippen molar-refractivity contribution in [1.82, 2.24) is 0 Å². The van der Waals surface area contributed by atoms with Crippen LogP contribution in [0.15, 0.2) is 24.3 Å². The first-order chi connectivity index (χ1) is 8.51. The monoisotopic (exact) mass is 251 g/mol. The Hall–Kier alpha value is -1.22. The molecule has 0 radical (unpaired) electrons. The maximum atomic E-state index is 5.51. The minimum Gasteiger partial charge on any atom is -0.491 e. The number of hydrogen-bond donors (Lipinski definition) is 1. The molecule has 0 unspecified atom stereocenters. The summed E-state index contributed by atoms with van der Waals surface area (Å²) in [5.74, 6) is 0.883. The Kier molecular flexibility index (Phi) is 5.99. The zero-order valence-electron chi connectivity index (χ0n) is 12.0. The molecule has 0 aromatic heterocycles. The molecule has 18 heavy (non-hydrogen) atoms. The molecule has 0 fully saturated rings. The lowest BCUT2D eigenvalue weighted by molar-refractivity contribution is 0.146. The van der Waals surface area contributed by atoms with Gasteiger partial charge in [0, 0.05) is 19.3 Å². The van der Waals surface area contributed by atoms with Gasteiger partial charge in [-0.25, -0.2) is 0 Å². The molecule has 1 aromatic carbocycles. The molecule has 102 valence electrons. The smallest absolute Gasteiger partial charge is 0.119 e. The number of hydrogen-bond acceptors (Lipinski definition) is 3. The normalized spacial score (nSPS) is 11.3. The van der Waals surface area contributed by atoms with Crippen LogP contribution < -0.4 is 10.1 Å². The summed E-state index contributed by atoms with van der Waals surface area (Å²) in [5, 5.41) is 3.42. The van der Waals surface area contributed by atoms with E-state index in [-0.39, 0.29) is 0 Å². The molecule has 1 rings (SSSR count). The van der Waals surface area contributed by atoms with Crippen LogP contribution in [0.4, 0.5) is 5.69 Å². The molecular weight excluding hydrogens is 226 g/mol. The highest BCUT2D eigenvalue weighted by atomic mass is 16.5. The maximum absolute atomic E-state index is 5.51. The largest absolute Gasteiger partial charge is 0.491 e. The first-order valence-electron chi connectivity index (χ1n) is 6.47. The van der Waals surface area contributed by atoms with Crippen LogP contribution >= 0.6 is 0 Å². The van der Waals surface area contributed by atoms with Crippen molar-refractivity contribution in [3.05, 3.63) is 24.3 Å². The zero-order chi connectivity index (χ0) is 13.4. The topological polar surface area (TPSA) is 30.5 Å². The van der Waals surface area contributed by atoms with Gasteiger partial charge in [-0.2, -0.15) is 0 Å². The molecule has 0 atom stereocenters. The average molecular weight is 251 g/mol. The Morgan fingerprint density at radius 1 is 1.06 bits per heavy atom. The first-order valence-corrected chi connectivity index (χ1v) is 6.47. The molecule has 0 spiro atoms. The van der Waals surface area contributed by atoms with Crippen molar-refractivity contribution in [2.45, 2.75) is 27.2 Å². The highest BCUT2D eigenvalue weighted by Gasteiger charge is 2.08. The number of methoxy groups -OCH3 is 1. The summed E-state index contributed by atoms with van der Waals surface area (Å²) in [5.41, 5.74) is 1.51. The van der Waals surface area contributed by atoms with Crippen molar-refractivity contribution in [3.63, 3.8) is 0 Å². The van der Waals surface area contributed by atoms with Gasteiger partial charge >= 0.3 is 0 Å². The van der Waals surface area contributed by atoms with Crippen LogP contribution in [0.1, 0.15) is 27.2 Å². The number of nitrogens with one attached hydrogen (secondary N) is 1. The van der Waals surface area contributed by atoms with E-state index < -0.39 is 0 Å². The minimum atomic E-state index is 0.371. The third-order valence-corrected chi connectivity index (χ3v) is 2.61. The quantitative estimate of drug-likeness (QED) is 0.752. The van der Waals surface area contributed by atoms with Crippen LogP contribution in [0.3, 0.4) is 0 Å². The molecule has 0 saturated carbocycles. The highest BCUT2D eigenvalue weighted by Crippen LogP contribution is 2.19. The Labute approximate surface area is 110 Å². The van der Waals surface area contributed by atoms with Gasteiger partial charge in [0.05, 0.1) is 6.61 Å². The van der Waals surface area contributed by atoms with Crippen LogP contribution in [0.25, 0.3) is 0 Å². The minimum absolute atomic E-state index is 0.371. The summed E-state index contributed by atoms with van der Waals surface area (Å²) in [7, 11) is 1.67. The summed E-state index contributed by atoms with van der Waals surface area (Å²) in [4.78, 5) is 0. The molecule has 1 aromatic rings. The first kappa shape index (κ1) is 14.8. The number of ether oxygens (including phenoxy) is 2. The van der Waals surface area contributed by atoms with E-state index in [2.05, 4.69) is 26.1 Å². The molecule has 1 N–H and O–H groups in total. The predicted molar refractivity (Wildman–Crippen MR) is 76.4 cm³/mol. The Bertz CT molecular complexity index is 327. The Morgan fingerprint density at radius 2 is 1.72 bits per heavy atom. The summed E-state index contributed by atoms with van der Waals surface area (Å²) in [6, 6.07) is 8.06. The third-order valence-electron chi connectivity index (χ3n) is 2.61. The van der Waals surface area contributed by atoms with E-state index in [4.69, 9.17) is 9.47 Å². The Balaban J connectivity index is 2.31. The molecule has 0 aliphatic heterocycles. The van der Waals surface area contributed by atoms with Crippen molar-refractivity contribution < 1.29 is 9.47 Å². The van der Waals surface area contributed by atoms with E-state index in [0.717, 1.165) is 24.4 Å². The van der Waals surface area contributed by atoms with Crippen molar-refractivity contribution in [2.24, 2.45) is 5.41 Å². The number of anilines is 1. The van der Waals surface area contributed by atoms with Gasteiger partial charge in [-0.3, -0.25) is 0 Å². The number of benzene rings is 1. The van der Waals surface area contributed by atoms with Gasteiger partial charge in [-0.1, -0.05) is 20.8 Å². The molecular formula is C15H25NO2. The van der Waals surface area contributed by atoms with Crippen LogP contribution in [0.2, 0.25) is 0 Å². The molecule has 0 amide bonds. The van der Waals surface area contributed by atoms with Crippen LogP contribution in [-0.4, -0.2) is 26.9 Å². The van der Waals surface area contributed by atoms with Gasteiger partial charge in [-0.15, -0.1) is 0 Å². The highest BCUT2D eigenvalue weighted by molar-refractivity contribution is 5.46. The molecule has 0 aliphatic rings. The predicted octanol–water partition coefficient (Wildman–Crippen LogP) is 3.56. The van der Waals surface area contributed by atoms with Crippen LogP contribution in [-0.2, 0) is 4.74 Å². The second kappa shape index (κ2) is 7.27. The van der Waals surface area contributed by atoms with E-state index in [1.165, 1.54) is 0 Å². The standard InChI is InChI=1S/C15H25NO2/c1-15(2,3)9-10-16-13-5-7-14(8-6-13)18-12-11-17-4/h5-8,16H,9-12H2,1-4H3. The van der Waals surface area contributed by atoms with Gasteiger partial charge in [0.1, 0.15) is 12.4 Å². The van der Waals surface area contributed by atoms with Gasteiger partial charge in [0.2, 0.25) is 0 Å². The van der Waals surface area contributed by atoms with Crippen molar-refractivity contribution in [2.75, 3.05) is 32.2 Å². The zero-order valence-corrected chi connectivity index (χ0v) is 12.0. The summed E-state index contributed by atoms with van der Waals surface area (Å²) in [6.07, 6.45) is 1.15.